The molecule has 5 heteroatoms. The second-order valence-electron chi connectivity index (χ2n) is 5.43. The Labute approximate surface area is 139 Å². The summed E-state index contributed by atoms with van der Waals surface area (Å²) >= 11 is 0. The van der Waals surface area contributed by atoms with E-state index in [0.29, 0.717) is 28.6 Å². The zero-order valence-corrected chi connectivity index (χ0v) is 13.3. The molecule has 0 radical (unpaired) electrons. The van der Waals surface area contributed by atoms with Crippen LogP contribution in [0.1, 0.15) is 0 Å². The third-order valence-corrected chi connectivity index (χ3v) is 4.16. The highest BCUT2D eigenvalue weighted by atomic mass is 16.7. The second-order valence-corrected chi connectivity index (χ2v) is 5.43. The SMILES string of the molecule is COc1cc(-c2cc3c(cc2O)OCO3)c(OC)c2ccccc12. The molecule has 0 fully saturated rings. The number of aromatic hydroxyl groups is 1. The molecule has 0 atom stereocenters. The lowest BCUT2D eigenvalue weighted by atomic mass is 9.97. The normalized spacial score (nSPS) is 12.4. The summed E-state index contributed by atoms with van der Waals surface area (Å²) in [7, 11) is 3.24. The second kappa shape index (κ2) is 5.53. The summed E-state index contributed by atoms with van der Waals surface area (Å²) in [6, 6.07) is 13.0. The topological polar surface area (TPSA) is 57.2 Å². The standard InChI is InChI=1S/C19H16O5/c1-21-16-8-14(19(22-2)12-6-4-3-5-11(12)16)13-7-17-18(9-15(13)20)24-10-23-17/h3-9,20H,10H2,1-2H3. The lowest BCUT2D eigenvalue weighted by molar-refractivity contribution is 0.174. The summed E-state index contributed by atoms with van der Waals surface area (Å²) in [5.74, 6) is 2.59. The molecule has 0 saturated heterocycles. The van der Waals surface area contributed by atoms with Gasteiger partial charge in [-0.3, -0.25) is 0 Å². The third kappa shape index (κ3) is 2.09. The van der Waals surface area contributed by atoms with E-state index in [1.165, 1.54) is 0 Å². The van der Waals surface area contributed by atoms with Crippen LogP contribution in [0.3, 0.4) is 0 Å². The van der Waals surface area contributed by atoms with Crippen molar-refractivity contribution in [3.05, 3.63) is 42.5 Å². The molecule has 0 spiro atoms. The Bertz CT molecular complexity index is 933. The molecule has 3 aromatic rings. The van der Waals surface area contributed by atoms with Crippen LogP contribution >= 0.6 is 0 Å². The van der Waals surface area contributed by atoms with Gasteiger partial charge in [-0.15, -0.1) is 0 Å². The molecular formula is C19H16O5. The monoisotopic (exact) mass is 324 g/mol. The zero-order valence-electron chi connectivity index (χ0n) is 13.3. The zero-order chi connectivity index (χ0) is 16.7. The van der Waals surface area contributed by atoms with Crippen LogP contribution in [0.15, 0.2) is 42.5 Å². The maximum atomic E-state index is 10.5. The minimum absolute atomic E-state index is 0.0925. The van der Waals surface area contributed by atoms with Gasteiger partial charge in [0.05, 0.1) is 14.2 Å². The van der Waals surface area contributed by atoms with Crippen molar-refractivity contribution >= 4 is 10.8 Å². The number of hydrogen-bond acceptors (Lipinski definition) is 5. The molecule has 1 aliphatic heterocycles. The van der Waals surface area contributed by atoms with Gasteiger partial charge in [0.1, 0.15) is 17.2 Å². The molecule has 1 N–H and O–H groups in total. The van der Waals surface area contributed by atoms with E-state index in [2.05, 4.69) is 0 Å². The van der Waals surface area contributed by atoms with Crippen molar-refractivity contribution in [1.82, 2.24) is 0 Å². The molecule has 122 valence electrons. The van der Waals surface area contributed by atoms with Crippen molar-refractivity contribution < 1.29 is 24.1 Å². The third-order valence-electron chi connectivity index (χ3n) is 4.16. The number of phenols is 1. The number of fused-ring (bicyclic) bond motifs is 2. The van der Waals surface area contributed by atoms with Gasteiger partial charge in [0.25, 0.3) is 0 Å². The minimum Gasteiger partial charge on any atom is -0.507 e. The fraction of sp³-hybridized carbons (Fsp3) is 0.158. The first kappa shape index (κ1) is 14.5. The van der Waals surface area contributed by atoms with E-state index in [1.54, 1.807) is 26.4 Å². The van der Waals surface area contributed by atoms with Gasteiger partial charge in [-0.25, -0.2) is 0 Å². The molecule has 0 amide bonds. The fourth-order valence-corrected chi connectivity index (χ4v) is 3.05. The lowest BCUT2D eigenvalue weighted by Gasteiger charge is -2.16. The van der Waals surface area contributed by atoms with E-state index in [0.717, 1.165) is 16.3 Å². The number of methoxy groups -OCH3 is 2. The van der Waals surface area contributed by atoms with Crippen LogP contribution in [0, 0.1) is 0 Å². The van der Waals surface area contributed by atoms with Gasteiger partial charge in [0, 0.05) is 28.0 Å². The fourth-order valence-electron chi connectivity index (χ4n) is 3.05. The van der Waals surface area contributed by atoms with Crippen molar-refractivity contribution in [3.8, 4) is 39.9 Å². The number of rotatable bonds is 3. The summed E-state index contributed by atoms with van der Waals surface area (Å²) in [4.78, 5) is 0. The number of phenolic OH excluding ortho intramolecular Hbond substituents is 1. The lowest BCUT2D eigenvalue weighted by Crippen LogP contribution is -1.94. The molecule has 1 heterocycles. The predicted octanol–water partition coefficient (Wildman–Crippen LogP) is 3.96. The van der Waals surface area contributed by atoms with Crippen LogP contribution in [0.2, 0.25) is 0 Å². The first-order valence-electron chi connectivity index (χ1n) is 7.49. The molecular weight excluding hydrogens is 308 g/mol. The van der Waals surface area contributed by atoms with Crippen molar-refractivity contribution in [2.75, 3.05) is 21.0 Å². The highest BCUT2D eigenvalue weighted by molar-refractivity contribution is 6.00. The number of ether oxygens (including phenoxy) is 4. The number of benzene rings is 3. The Hall–Kier alpha value is -3.08. The molecule has 0 aromatic heterocycles. The summed E-state index contributed by atoms with van der Waals surface area (Å²) in [5.41, 5.74) is 1.32. The molecule has 0 unspecified atom stereocenters. The van der Waals surface area contributed by atoms with Crippen molar-refractivity contribution in [1.29, 1.82) is 0 Å². The van der Waals surface area contributed by atoms with Crippen molar-refractivity contribution in [2.24, 2.45) is 0 Å². The highest BCUT2D eigenvalue weighted by Crippen LogP contribution is 2.48. The molecule has 0 aliphatic carbocycles. The first-order valence-corrected chi connectivity index (χ1v) is 7.49. The van der Waals surface area contributed by atoms with Crippen LogP contribution in [-0.2, 0) is 0 Å². The Balaban J connectivity index is 2.03. The van der Waals surface area contributed by atoms with E-state index in [-0.39, 0.29) is 12.5 Å². The van der Waals surface area contributed by atoms with Gasteiger partial charge in [0.2, 0.25) is 6.79 Å². The van der Waals surface area contributed by atoms with Gasteiger partial charge < -0.3 is 24.1 Å². The van der Waals surface area contributed by atoms with Crippen molar-refractivity contribution in [2.45, 2.75) is 0 Å². The molecule has 0 bridgehead atoms. The van der Waals surface area contributed by atoms with E-state index in [4.69, 9.17) is 18.9 Å². The summed E-state index contributed by atoms with van der Waals surface area (Å²) < 4.78 is 21.9. The smallest absolute Gasteiger partial charge is 0.231 e. The summed E-state index contributed by atoms with van der Waals surface area (Å²) in [5, 5.41) is 12.3. The molecule has 0 saturated carbocycles. The summed E-state index contributed by atoms with van der Waals surface area (Å²) in [6.45, 7) is 0.149. The average Bonchev–Trinajstić information content (AvgIpc) is 3.06. The maximum Gasteiger partial charge on any atom is 0.231 e. The van der Waals surface area contributed by atoms with Gasteiger partial charge in [-0.1, -0.05) is 24.3 Å². The minimum atomic E-state index is 0.0925. The van der Waals surface area contributed by atoms with Crippen LogP contribution < -0.4 is 18.9 Å². The van der Waals surface area contributed by atoms with Gasteiger partial charge in [-0.05, 0) is 12.1 Å². The van der Waals surface area contributed by atoms with E-state index >= 15 is 0 Å². The molecule has 3 aromatic carbocycles. The largest absolute Gasteiger partial charge is 0.507 e. The summed E-state index contributed by atoms with van der Waals surface area (Å²) in [6.07, 6.45) is 0. The van der Waals surface area contributed by atoms with Crippen LogP contribution in [0.4, 0.5) is 0 Å². The Morgan fingerprint density at radius 2 is 1.58 bits per heavy atom. The van der Waals surface area contributed by atoms with E-state index in [9.17, 15) is 5.11 Å². The molecule has 4 rings (SSSR count). The average molecular weight is 324 g/mol. The van der Waals surface area contributed by atoms with E-state index < -0.39 is 0 Å². The Kier molecular flexibility index (Phi) is 3.34. The van der Waals surface area contributed by atoms with Gasteiger partial charge >= 0.3 is 0 Å². The molecule has 24 heavy (non-hydrogen) atoms. The van der Waals surface area contributed by atoms with Gasteiger partial charge in [-0.2, -0.15) is 0 Å². The van der Waals surface area contributed by atoms with Gasteiger partial charge in [0.15, 0.2) is 11.5 Å². The molecule has 1 aliphatic rings. The quantitative estimate of drug-likeness (QED) is 0.790. The van der Waals surface area contributed by atoms with Crippen molar-refractivity contribution in [3.63, 3.8) is 0 Å². The Morgan fingerprint density at radius 3 is 2.29 bits per heavy atom. The highest BCUT2D eigenvalue weighted by Gasteiger charge is 2.22. The molecule has 5 nitrogen and oxygen atoms in total. The maximum absolute atomic E-state index is 10.5. The number of hydrogen-bond donors (Lipinski definition) is 1. The first-order chi connectivity index (χ1) is 11.7. The predicted molar refractivity (Wildman–Crippen MR) is 90.3 cm³/mol. The van der Waals surface area contributed by atoms with Crippen LogP contribution in [0.5, 0.6) is 28.7 Å². The van der Waals surface area contributed by atoms with Crippen LogP contribution in [-0.4, -0.2) is 26.1 Å². The van der Waals surface area contributed by atoms with Crippen LogP contribution in [0.25, 0.3) is 21.9 Å². The Morgan fingerprint density at radius 1 is 0.875 bits per heavy atom. The van der Waals surface area contributed by atoms with E-state index in [1.807, 2.05) is 30.3 Å².